The van der Waals surface area contributed by atoms with Crippen molar-refractivity contribution >= 4 is 40.4 Å². The maximum absolute atomic E-state index is 13.7. The van der Waals surface area contributed by atoms with Crippen LogP contribution in [0.2, 0.25) is 5.02 Å². The van der Waals surface area contributed by atoms with Crippen LogP contribution in [-0.4, -0.2) is 14.9 Å². The van der Waals surface area contributed by atoms with Crippen LogP contribution in [0.15, 0.2) is 48.5 Å². The van der Waals surface area contributed by atoms with Crippen molar-refractivity contribution < 1.29 is 8.78 Å². The third-order valence-electron chi connectivity index (χ3n) is 3.65. The van der Waals surface area contributed by atoms with Crippen LogP contribution >= 0.6 is 23.8 Å². The number of nitrogens with zero attached hydrogens (tertiary/aromatic N) is 2. The zero-order valence-electron chi connectivity index (χ0n) is 13.8. The maximum atomic E-state index is 13.7. The van der Waals surface area contributed by atoms with Gasteiger partial charge in [0.05, 0.1) is 12.2 Å². The van der Waals surface area contributed by atoms with Gasteiger partial charge in [-0.3, -0.25) is 4.68 Å². The van der Waals surface area contributed by atoms with Crippen molar-refractivity contribution in [3.05, 3.63) is 76.4 Å². The quantitative estimate of drug-likeness (QED) is 0.614. The molecule has 4 nitrogen and oxygen atoms in total. The van der Waals surface area contributed by atoms with Crippen molar-refractivity contribution in [3.63, 3.8) is 0 Å². The Bertz CT molecular complexity index is 941. The van der Waals surface area contributed by atoms with Crippen molar-refractivity contribution in [2.75, 3.05) is 10.6 Å². The molecule has 3 rings (SSSR count). The number of nitrogens with one attached hydrogen (secondary N) is 2. The number of halogens is 3. The fourth-order valence-electron chi connectivity index (χ4n) is 2.35. The second-order valence-electron chi connectivity index (χ2n) is 5.66. The molecular formula is C18H15ClF2N4S. The van der Waals surface area contributed by atoms with E-state index in [1.807, 2.05) is 41.9 Å². The van der Waals surface area contributed by atoms with Gasteiger partial charge in [0.25, 0.3) is 0 Å². The Balaban J connectivity index is 1.66. The second-order valence-corrected chi connectivity index (χ2v) is 6.50. The van der Waals surface area contributed by atoms with Crippen LogP contribution in [0.5, 0.6) is 0 Å². The highest BCUT2D eigenvalue weighted by Crippen LogP contribution is 2.17. The highest BCUT2D eigenvalue weighted by atomic mass is 35.5. The van der Waals surface area contributed by atoms with Crippen molar-refractivity contribution in [1.82, 2.24) is 9.78 Å². The average molecular weight is 393 g/mol. The van der Waals surface area contributed by atoms with E-state index in [1.54, 1.807) is 0 Å². The summed E-state index contributed by atoms with van der Waals surface area (Å²) >= 11 is 11.1. The molecule has 0 atom stereocenters. The first-order valence-corrected chi connectivity index (χ1v) is 8.51. The minimum atomic E-state index is -0.724. The molecule has 3 aromatic rings. The molecule has 2 aromatic carbocycles. The number of rotatable bonds is 4. The molecule has 1 heterocycles. The topological polar surface area (TPSA) is 41.9 Å². The van der Waals surface area contributed by atoms with Crippen LogP contribution in [0, 0.1) is 18.6 Å². The second kappa shape index (κ2) is 7.80. The first-order valence-electron chi connectivity index (χ1n) is 7.72. The van der Waals surface area contributed by atoms with Crippen molar-refractivity contribution in [1.29, 1.82) is 0 Å². The summed E-state index contributed by atoms with van der Waals surface area (Å²) in [6, 6.07) is 12.6. The molecule has 0 saturated heterocycles. The smallest absolute Gasteiger partial charge is 0.176 e. The molecule has 0 aliphatic carbocycles. The van der Waals surface area contributed by atoms with E-state index >= 15 is 0 Å². The third-order valence-corrected chi connectivity index (χ3v) is 4.10. The number of aryl methyl sites for hydroxylation is 1. The zero-order valence-corrected chi connectivity index (χ0v) is 15.3. The fraction of sp³-hybridized carbons (Fsp3) is 0.111. The third kappa shape index (κ3) is 4.56. The van der Waals surface area contributed by atoms with E-state index in [4.69, 9.17) is 23.8 Å². The van der Waals surface area contributed by atoms with Crippen molar-refractivity contribution in [3.8, 4) is 0 Å². The van der Waals surface area contributed by atoms with Gasteiger partial charge in [-0.15, -0.1) is 0 Å². The summed E-state index contributed by atoms with van der Waals surface area (Å²) < 4.78 is 28.4. The van der Waals surface area contributed by atoms with Gasteiger partial charge < -0.3 is 10.6 Å². The first kappa shape index (κ1) is 18.3. The minimum absolute atomic E-state index is 0.0845. The van der Waals surface area contributed by atoms with Crippen LogP contribution in [0.1, 0.15) is 11.3 Å². The van der Waals surface area contributed by atoms with Gasteiger partial charge in [-0.25, -0.2) is 8.78 Å². The van der Waals surface area contributed by atoms with Crippen LogP contribution in [0.3, 0.4) is 0 Å². The van der Waals surface area contributed by atoms with Gasteiger partial charge in [-0.1, -0.05) is 23.7 Å². The Morgan fingerprint density at radius 3 is 2.54 bits per heavy atom. The summed E-state index contributed by atoms with van der Waals surface area (Å²) in [6.07, 6.45) is 0. The van der Waals surface area contributed by atoms with Gasteiger partial charge in [0.15, 0.2) is 10.9 Å². The van der Waals surface area contributed by atoms with E-state index in [0.717, 1.165) is 23.4 Å². The molecule has 8 heteroatoms. The van der Waals surface area contributed by atoms with E-state index in [2.05, 4.69) is 15.7 Å². The number of benzene rings is 2. The monoisotopic (exact) mass is 392 g/mol. The van der Waals surface area contributed by atoms with Crippen LogP contribution < -0.4 is 10.6 Å². The molecule has 0 fully saturated rings. The lowest BCUT2D eigenvalue weighted by atomic mass is 10.2. The largest absolute Gasteiger partial charge is 0.330 e. The number of anilines is 2. The van der Waals surface area contributed by atoms with Gasteiger partial charge in [0, 0.05) is 22.8 Å². The van der Waals surface area contributed by atoms with Crippen LogP contribution in [0.25, 0.3) is 0 Å². The Labute approximate surface area is 159 Å². The van der Waals surface area contributed by atoms with Gasteiger partial charge in [0.2, 0.25) is 0 Å². The summed E-state index contributed by atoms with van der Waals surface area (Å²) in [5.74, 6) is -0.849. The minimum Gasteiger partial charge on any atom is -0.330 e. The number of hydrogen-bond acceptors (Lipinski definition) is 2. The molecule has 2 N–H and O–H groups in total. The van der Waals surface area contributed by atoms with E-state index in [-0.39, 0.29) is 10.8 Å². The van der Waals surface area contributed by atoms with E-state index in [1.165, 1.54) is 6.07 Å². The number of hydrogen-bond donors (Lipinski definition) is 2. The predicted molar refractivity (Wildman–Crippen MR) is 104 cm³/mol. The fourth-order valence-corrected chi connectivity index (χ4v) is 2.70. The lowest BCUT2D eigenvalue weighted by molar-refractivity contribution is 0.586. The molecule has 0 aliphatic rings. The maximum Gasteiger partial charge on any atom is 0.176 e. The Morgan fingerprint density at radius 1 is 1.12 bits per heavy atom. The molecule has 0 amide bonds. The number of thiocarbonyl (C=S) groups is 1. The SMILES string of the molecule is Cc1cc(NC(=S)Nc2ccc(F)cc2F)nn1Cc1ccc(Cl)cc1. The van der Waals surface area contributed by atoms with Crippen molar-refractivity contribution in [2.45, 2.75) is 13.5 Å². The number of aromatic nitrogens is 2. The lowest BCUT2D eigenvalue weighted by Gasteiger charge is -2.09. The molecule has 0 bridgehead atoms. The highest BCUT2D eigenvalue weighted by molar-refractivity contribution is 7.80. The van der Waals surface area contributed by atoms with Gasteiger partial charge in [0.1, 0.15) is 11.6 Å². The predicted octanol–water partition coefficient (Wildman–Crippen LogP) is 4.98. The van der Waals surface area contributed by atoms with Gasteiger partial charge in [-0.2, -0.15) is 5.10 Å². The normalized spacial score (nSPS) is 10.6. The first-order chi connectivity index (χ1) is 12.4. The summed E-state index contributed by atoms with van der Waals surface area (Å²) in [7, 11) is 0. The lowest BCUT2D eigenvalue weighted by Crippen LogP contribution is -2.20. The van der Waals surface area contributed by atoms with Gasteiger partial charge >= 0.3 is 0 Å². The zero-order chi connectivity index (χ0) is 18.7. The van der Waals surface area contributed by atoms with Crippen molar-refractivity contribution in [2.24, 2.45) is 0 Å². The molecule has 0 aliphatic heterocycles. The standard InChI is InChI=1S/C18H15ClF2N4S/c1-11-8-17(24-25(11)10-12-2-4-13(19)5-3-12)23-18(26)22-16-7-6-14(20)9-15(16)21/h2-9H,10H2,1H3,(H2,22,23,24,26). The molecule has 1 aromatic heterocycles. The van der Waals surface area contributed by atoms with Crippen LogP contribution in [-0.2, 0) is 6.54 Å². The molecule has 0 saturated carbocycles. The summed E-state index contributed by atoms with van der Waals surface area (Å²) in [5.41, 5.74) is 2.07. The average Bonchev–Trinajstić information content (AvgIpc) is 2.91. The molecule has 0 spiro atoms. The Hall–Kier alpha value is -2.51. The Morgan fingerprint density at radius 2 is 1.85 bits per heavy atom. The van der Waals surface area contributed by atoms with Gasteiger partial charge in [-0.05, 0) is 49.0 Å². The summed E-state index contributed by atoms with van der Waals surface area (Å²) in [5, 5.41) is 10.9. The molecule has 26 heavy (non-hydrogen) atoms. The summed E-state index contributed by atoms with van der Waals surface area (Å²) in [4.78, 5) is 0. The van der Waals surface area contributed by atoms with E-state index < -0.39 is 11.6 Å². The molecule has 0 radical (unpaired) electrons. The molecular weight excluding hydrogens is 378 g/mol. The molecule has 134 valence electrons. The summed E-state index contributed by atoms with van der Waals surface area (Å²) in [6.45, 7) is 2.50. The van der Waals surface area contributed by atoms with Crippen LogP contribution in [0.4, 0.5) is 20.3 Å². The van der Waals surface area contributed by atoms with E-state index in [9.17, 15) is 8.78 Å². The van der Waals surface area contributed by atoms with E-state index in [0.29, 0.717) is 17.4 Å². The molecule has 0 unspecified atom stereocenters. The highest BCUT2D eigenvalue weighted by Gasteiger charge is 2.09. The Kier molecular flexibility index (Phi) is 5.49.